The first-order valence-corrected chi connectivity index (χ1v) is 8.89. The van der Waals surface area contributed by atoms with Crippen LogP contribution >= 0.6 is 23.2 Å². The summed E-state index contributed by atoms with van der Waals surface area (Å²) in [4.78, 5) is 12.4. The SMILES string of the molecule is Cn1ccc2ccc(NC3(c4c(F)ccc(Cl)c4Cl)CNC3)cc2c1=O. The number of hydrogen-bond donors (Lipinski definition) is 2. The van der Waals surface area contributed by atoms with Crippen molar-refractivity contribution < 1.29 is 4.39 Å². The largest absolute Gasteiger partial charge is 0.373 e. The highest BCUT2D eigenvalue weighted by Crippen LogP contribution is 2.40. The van der Waals surface area contributed by atoms with Gasteiger partial charge in [0, 0.05) is 43.0 Å². The molecule has 0 aliphatic carbocycles. The number of anilines is 1. The van der Waals surface area contributed by atoms with Crippen molar-refractivity contribution in [2.45, 2.75) is 5.54 Å². The molecule has 1 aromatic heterocycles. The fourth-order valence-electron chi connectivity index (χ4n) is 3.36. The Morgan fingerprint density at radius 1 is 1.19 bits per heavy atom. The zero-order valence-electron chi connectivity index (χ0n) is 13.9. The van der Waals surface area contributed by atoms with Gasteiger partial charge in [0.05, 0.1) is 15.6 Å². The summed E-state index contributed by atoms with van der Waals surface area (Å²) in [5, 5.41) is 8.48. The molecule has 1 aliphatic rings. The Balaban J connectivity index is 1.81. The zero-order valence-corrected chi connectivity index (χ0v) is 15.5. The van der Waals surface area contributed by atoms with Crippen molar-refractivity contribution in [1.29, 1.82) is 0 Å². The minimum atomic E-state index is -0.722. The first-order chi connectivity index (χ1) is 12.4. The third-order valence-electron chi connectivity index (χ3n) is 4.84. The number of benzene rings is 2. The lowest BCUT2D eigenvalue weighted by molar-refractivity contribution is 0.307. The van der Waals surface area contributed by atoms with E-state index in [2.05, 4.69) is 10.6 Å². The van der Waals surface area contributed by atoms with E-state index in [9.17, 15) is 9.18 Å². The smallest absolute Gasteiger partial charge is 0.258 e. The van der Waals surface area contributed by atoms with E-state index < -0.39 is 11.4 Å². The third-order valence-corrected chi connectivity index (χ3v) is 5.65. The Bertz CT molecular complexity index is 1080. The highest BCUT2D eigenvalue weighted by molar-refractivity contribution is 6.42. The summed E-state index contributed by atoms with van der Waals surface area (Å²) in [5.74, 6) is -0.412. The van der Waals surface area contributed by atoms with Crippen LogP contribution in [0.15, 0.2) is 47.4 Å². The molecule has 0 spiro atoms. The second-order valence-corrected chi connectivity index (χ2v) is 7.35. The van der Waals surface area contributed by atoms with Gasteiger partial charge in [0.1, 0.15) is 5.82 Å². The van der Waals surface area contributed by atoms with E-state index in [1.54, 1.807) is 19.3 Å². The number of aryl methyl sites for hydroxylation is 1. The van der Waals surface area contributed by atoms with Crippen molar-refractivity contribution in [2.24, 2.45) is 7.05 Å². The highest BCUT2D eigenvalue weighted by Gasteiger charge is 2.43. The molecule has 134 valence electrons. The van der Waals surface area contributed by atoms with E-state index in [-0.39, 0.29) is 10.6 Å². The van der Waals surface area contributed by atoms with Crippen LogP contribution in [0.1, 0.15) is 5.56 Å². The summed E-state index contributed by atoms with van der Waals surface area (Å²) < 4.78 is 16.1. The van der Waals surface area contributed by atoms with Gasteiger partial charge in [-0.15, -0.1) is 0 Å². The fourth-order valence-corrected chi connectivity index (χ4v) is 3.85. The normalized spacial score (nSPS) is 15.7. The van der Waals surface area contributed by atoms with Gasteiger partial charge in [-0.1, -0.05) is 29.3 Å². The Kier molecular flexibility index (Phi) is 4.18. The molecule has 26 heavy (non-hydrogen) atoms. The first-order valence-electron chi connectivity index (χ1n) is 8.14. The Labute approximate surface area is 159 Å². The number of rotatable bonds is 3. The monoisotopic (exact) mass is 391 g/mol. The molecule has 0 atom stereocenters. The number of pyridine rings is 1. The van der Waals surface area contributed by atoms with E-state index in [0.29, 0.717) is 29.1 Å². The van der Waals surface area contributed by atoms with Crippen LogP contribution in [0, 0.1) is 5.82 Å². The molecular formula is C19H16Cl2FN3O. The lowest BCUT2D eigenvalue weighted by Crippen LogP contribution is -2.62. The number of nitrogens with zero attached hydrogens (tertiary/aromatic N) is 1. The van der Waals surface area contributed by atoms with E-state index in [1.165, 1.54) is 16.7 Å². The minimum absolute atomic E-state index is 0.0843. The lowest BCUT2D eigenvalue weighted by Gasteiger charge is -2.45. The van der Waals surface area contributed by atoms with Gasteiger partial charge in [0.2, 0.25) is 0 Å². The summed E-state index contributed by atoms with van der Waals surface area (Å²) >= 11 is 12.4. The van der Waals surface area contributed by atoms with Gasteiger partial charge in [-0.05, 0) is 35.7 Å². The molecule has 2 aromatic carbocycles. The van der Waals surface area contributed by atoms with Gasteiger partial charge in [0.25, 0.3) is 5.56 Å². The molecule has 1 saturated heterocycles. The standard InChI is InChI=1S/C19H16Cl2FN3O/c1-25-7-6-11-2-3-12(8-13(11)18(25)26)24-19(9-23-10-19)16-15(22)5-4-14(20)17(16)21/h2-8,23-24H,9-10H2,1H3. The highest BCUT2D eigenvalue weighted by atomic mass is 35.5. The molecule has 2 N–H and O–H groups in total. The lowest BCUT2D eigenvalue weighted by atomic mass is 9.83. The fraction of sp³-hybridized carbons (Fsp3) is 0.211. The van der Waals surface area contributed by atoms with Gasteiger partial charge in [-0.25, -0.2) is 4.39 Å². The predicted octanol–water partition coefficient (Wildman–Crippen LogP) is 3.90. The maximum Gasteiger partial charge on any atom is 0.258 e. The number of halogens is 3. The molecule has 2 heterocycles. The Morgan fingerprint density at radius 2 is 1.96 bits per heavy atom. The third kappa shape index (κ3) is 2.67. The van der Waals surface area contributed by atoms with Gasteiger partial charge < -0.3 is 15.2 Å². The predicted molar refractivity (Wildman–Crippen MR) is 104 cm³/mol. The van der Waals surface area contributed by atoms with Crippen LogP contribution in [-0.4, -0.2) is 17.7 Å². The summed E-state index contributed by atoms with van der Waals surface area (Å²) in [5.41, 5.74) is 0.253. The maximum absolute atomic E-state index is 14.6. The molecule has 0 unspecified atom stereocenters. The van der Waals surface area contributed by atoms with Crippen molar-refractivity contribution in [3.63, 3.8) is 0 Å². The molecule has 0 radical (unpaired) electrons. The van der Waals surface area contributed by atoms with E-state index in [1.807, 2.05) is 18.2 Å². The van der Waals surface area contributed by atoms with Crippen LogP contribution < -0.4 is 16.2 Å². The topological polar surface area (TPSA) is 46.1 Å². The van der Waals surface area contributed by atoms with Gasteiger partial charge in [0.15, 0.2) is 0 Å². The van der Waals surface area contributed by atoms with Crippen molar-refractivity contribution in [3.8, 4) is 0 Å². The van der Waals surface area contributed by atoms with Gasteiger partial charge >= 0.3 is 0 Å². The zero-order chi connectivity index (χ0) is 18.5. The maximum atomic E-state index is 14.6. The summed E-state index contributed by atoms with van der Waals surface area (Å²) in [6.45, 7) is 0.990. The summed E-state index contributed by atoms with van der Waals surface area (Å²) in [7, 11) is 1.71. The average Bonchev–Trinajstić information content (AvgIpc) is 2.59. The van der Waals surface area contributed by atoms with Crippen molar-refractivity contribution in [3.05, 3.63) is 74.4 Å². The molecule has 7 heteroatoms. The molecule has 0 amide bonds. The van der Waals surface area contributed by atoms with Crippen LogP contribution in [0.2, 0.25) is 10.0 Å². The molecule has 1 fully saturated rings. The van der Waals surface area contributed by atoms with E-state index in [0.717, 1.165) is 11.1 Å². The number of fused-ring (bicyclic) bond motifs is 1. The van der Waals surface area contributed by atoms with Crippen LogP contribution in [0.4, 0.5) is 10.1 Å². The number of aromatic nitrogens is 1. The van der Waals surface area contributed by atoms with Crippen LogP contribution in [0.25, 0.3) is 10.8 Å². The van der Waals surface area contributed by atoms with Crippen molar-refractivity contribution in [2.75, 3.05) is 18.4 Å². The second kappa shape index (κ2) is 6.27. The number of hydrogen-bond acceptors (Lipinski definition) is 3. The Morgan fingerprint density at radius 3 is 2.65 bits per heavy atom. The summed E-state index contributed by atoms with van der Waals surface area (Å²) in [6, 6.07) is 10.2. The molecule has 1 aliphatic heterocycles. The summed E-state index contributed by atoms with van der Waals surface area (Å²) in [6.07, 6.45) is 1.73. The van der Waals surface area contributed by atoms with Crippen LogP contribution in [0.5, 0.6) is 0 Å². The second-order valence-electron chi connectivity index (χ2n) is 6.56. The van der Waals surface area contributed by atoms with Gasteiger partial charge in [-0.2, -0.15) is 0 Å². The van der Waals surface area contributed by atoms with Crippen LogP contribution in [0.3, 0.4) is 0 Å². The van der Waals surface area contributed by atoms with Crippen LogP contribution in [-0.2, 0) is 12.6 Å². The molecule has 3 aromatic rings. The quantitative estimate of drug-likeness (QED) is 0.665. The van der Waals surface area contributed by atoms with E-state index >= 15 is 0 Å². The molecule has 4 nitrogen and oxygen atoms in total. The molecule has 0 bridgehead atoms. The number of nitrogens with one attached hydrogen (secondary N) is 2. The first kappa shape index (κ1) is 17.3. The van der Waals surface area contributed by atoms with Crippen molar-refractivity contribution in [1.82, 2.24) is 9.88 Å². The van der Waals surface area contributed by atoms with Crippen molar-refractivity contribution >= 4 is 39.7 Å². The average molecular weight is 392 g/mol. The Hall–Kier alpha value is -2.08. The molecule has 0 saturated carbocycles. The molecule has 4 rings (SSSR count). The minimum Gasteiger partial charge on any atom is -0.373 e. The van der Waals surface area contributed by atoms with E-state index in [4.69, 9.17) is 23.2 Å². The van der Waals surface area contributed by atoms with Gasteiger partial charge in [-0.3, -0.25) is 4.79 Å². The molecular weight excluding hydrogens is 376 g/mol.